The third kappa shape index (κ3) is 3.50. The second kappa shape index (κ2) is 7.92. The zero-order valence-electron chi connectivity index (χ0n) is 18.5. The molecule has 7 heteroatoms. The largest absolute Gasteiger partial charge is 0.460 e. The number of nitrogens with two attached hydrogens (primary N) is 1. The molecule has 0 fully saturated rings. The number of hydrogen-bond acceptors (Lipinski definition) is 5. The van der Waals surface area contributed by atoms with Crippen LogP contribution in [-0.2, 0) is 24.1 Å². The molecule has 0 atom stereocenters. The molecule has 2 heterocycles. The molecular formula is C26H24N2O5. The van der Waals surface area contributed by atoms with Gasteiger partial charge in [0, 0.05) is 28.3 Å². The van der Waals surface area contributed by atoms with E-state index in [1.165, 1.54) is 11.6 Å². The van der Waals surface area contributed by atoms with Gasteiger partial charge in [0.15, 0.2) is 0 Å². The van der Waals surface area contributed by atoms with E-state index < -0.39 is 17.4 Å². The molecule has 4 aromatic rings. The minimum atomic E-state index is -0.643. The van der Waals surface area contributed by atoms with Crippen LogP contribution in [0.3, 0.4) is 0 Å². The number of rotatable bonds is 4. The number of aryl methyl sites for hydroxylation is 4. The molecule has 2 amide bonds. The topological polar surface area (TPSA) is 116 Å². The smallest absolute Gasteiger partial charge is 0.340 e. The summed E-state index contributed by atoms with van der Waals surface area (Å²) in [5.41, 5.74) is 9.61. The molecule has 1 aliphatic rings. The fraction of sp³-hybridized carbons (Fsp3) is 0.269. The second-order valence-electron chi connectivity index (χ2n) is 8.59. The lowest BCUT2D eigenvalue weighted by Crippen LogP contribution is -2.22. The van der Waals surface area contributed by atoms with Crippen LogP contribution in [0, 0.1) is 13.8 Å². The number of carbonyl (C=O) groups excluding carboxylic acids is 2. The van der Waals surface area contributed by atoms with E-state index in [0.29, 0.717) is 16.8 Å². The van der Waals surface area contributed by atoms with Crippen molar-refractivity contribution in [2.75, 3.05) is 5.32 Å². The zero-order valence-corrected chi connectivity index (χ0v) is 18.5. The highest BCUT2D eigenvalue weighted by Crippen LogP contribution is 2.38. The summed E-state index contributed by atoms with van der Waals surface area (Å²) >= 11 is 0. The highest BCUT2D eigenvalue weighted by atomic mass is 16.4. The van der Waals surface area contributed by atoms with E-state index >= 15 is 0 Å². The van der Waals surface area contributed by atoms with Crippen molar-refractivity contribution in [3.8, 4) is 0 Å². The van der Waals surface area contributed by atoms with Crippen LogP contribution in [0.25, 0.3) is 21.9 Å². The van der Waals surface area contributed by atoms with Gasteiger partial charge >= 0.3 is 5.63 Å². The molecule has 7 nitrogen and oxygen atoms in total. The fourth-order valence-electron chi connectivity index (χ4n) is 4.78. The number of para-hydroxylation sites is 1. The molecule has 0 spiro atoms. The van der Waals surface area contributed by atoms with Crippen molar-refractivity contribution in [1.29, 1.82) is 0 Å². The minimum absolute atomic E-state index is 0.183. The lowest BCUT2D eigenvalue weighted by atomic mass is 9.93. The molecule has 0 unspecified atom stereocenters. The Morgan fingerprint density at radius 1 is 1.00 bits per heavy atom. The number of benzene rings is 2. The number of nitrogens with one attached hydrogen (secondary N) is 1. The SMILES string of the molecule is Cc1c(CC(=O)Nc2ccccc2C(N)=O)c(=O)oc2c(C)c3oc4c(c3cc12)CCCC4. The molecule has 0 radical (unpaired) electrons. The molecular weight excluding hydrogens is 420 g/mol. The molecule has 0 saturated heterocycles. The van der Waals surface area contributed by atoms with Crippen LogP contribution in [0.4, 0.5) is 5.69 Å². The molecule has 2 aromatic heterocycles. The van der Waals surface area contributed by atoms with Gasteiger partial charge in [-0.15, -0.1) is 0 Å². The lowest BCUT2D eigenvalue weighted by molar-refractivity contribution is -0.115. The van der Waals surface area contributed by atoms with Gasteiger partial charge < -0.3 is 19.9 Å². The van der Waals surface area contributed by atoms with Gasteiger partial charge in [0.05, 0.1) is 23.2 Å². The van der Waals surface area contributed by atoms with Crippen LogP contribution in [0.2, 0.25) is 0 Å². The number of furan rings is 1. The molecule has 5 rings (SSSR count). The van der Waals surface area contributed by atoms with Crippen LogP contribution in [-0.4, -0.2) is 11.8 Å². The van der Waals surface area contributed by atoms with Gasteiger partial charge in [-0.25, -0.2) is 4.79 Å². The summed E-state index contributed by atoms with van der Waals surface area (Å²) in [6, 6.07) is 8.50. The first kappa shape index (κ1) is 21.0. The monoisotopic (exact) mass is 444 g/mol. The van der Waals surface area contributed by atoms with E-state index in [1.807, 2.05) is 19.9 Å². The lowest BCUT2D eigenvalue weighted by Gasteiger charge is -2.12. The van der Waals surface area contributed by atoms with E-state index in [-0.39, 0.29) is 17.5 Å². The van der Waals surface area contributed by atoms with Crippen LogP contribution in [0.1, 0.15) is 51.2 Å². The van der Waals surface area contributed by atoms with Crippen molar-refractivity contribution in [3.63, 3.8) is 0 Å². The summed E-state index contributed by atoms with van der Waals surface area (Å²) in [5.74, 6) is -0.0606. The fourth-order valence-corrected chi connectivity index (χ4v) is 4.78. The van der Waals surface area contributed by atoms with Crippen molar-refractivity contribution >= 4 is 39.4 Å². The highest BCUT2D eigenvalue weighted by Gasteiger charge is 2.23. The Labute approximate surface area is 189 Å². The Bertz CT molecular complexity index is 1510. The third-order valence-electron chi connectivity index (χ3n) is 6.53. The number of anilines is 1. The van der Waals surface area contributed by atoms with Gasteiger partial charge in [0.1, 0.15) is 16.9 Å². The van der Waals surface area contributed by atoms with Gasteiger partial charge in [-0.2, -0.15) is 0 Å². The van der Waals surface area contributed by atoms with Crippen LogP contribution in [0.15, 0.2) is 44.0 Å². The Hall–Kier alpha value is -3.87. The maximum atomic E-state index is 12.8. The summed E-state index contributed by atoms with van der Waals surface area (Å²) in [6.45, 7) is 3.73. The van der Waals surface area contributed by atoms with E-state index in [4.69, 9.17) is 14.6 Å². The standard InChI is InChI=1S/C26H24N2O5/c1-13-17-11-19-15-7-4-6-10-21(15)32-24(19)14(2)23(17)33-26(31)18(13)12-22(29)28-20-9-5-3-8-16(20)25(27)30/h3,5,8-9,11H,4,6-7,10,12H2,1-2H3,(H2,27,30)(H,28,29). The van der Waals surface area contributed by atoms with Gasteiger partial charge in [0.2, 0.25) is 5.91 Å². The first-order chi connectivity index (χ1) is 15.8. The van der Waals surface area contributed by atoms with Crippen molar-refractivity contribution in [3.05, 3.63) is 74.3 Å². The molecule has 0 aliphatic heterocycles. The molecule has 33 heavy (non-hydrogen) atoms. The van der Waals surface area contributed by atoms with Crippen molar-refractivity contribution < 1.29 is 18.4 Å². The summed E-state index contributed by atoms with van der Waals surface area (Å²) in [7, 11) is 0. The summed E-state index contributed by atoms with van der Waals surface area (Å²) in [5, 5.41) is 4.54. The third-order valence-corrected chi connectivity index (χ3v) is 6.53. The van der Waals surface area contributed by atoms with Gasteiger partial charge in [-0.3, -0.25) is 9.59 Å². The van der Waals surface area contributed by atoms with Crippen molar-refractivity contribution in [2.24, 2.45) is 5.73 Å². The second-order valence-corrected chi connectivity index (χ2v) is 8.59. The van der Waals surface area contributed by atoms with Gasteiger partial charge in [0.25, 0.3) is 5.91 Å². The molecule has 168 valence electrons. The summed E-state index contributed by atoms with van der Waals surface area (Å²) in [4.78, 5) is 37.2. The van der Waals surface area contributed by atoms with Crippen LogP contribution >= 0.6 is 0 Å². The first-order valence-corrected chi connectivity index (χ1v) is 11.0. The molecule has 1 aliphatic carbocycles. The molecule has 3 N–H and O–H groups in total. The Balaban J connectivity index is 1.56. The minimum Gasteiger partial charge on any atom is -0.460 e. The zero-order chi connectivity index (χ0) is 23.3. The maximum Gasteiger partial charge on any atom is 0.340 e. The van der Waals surface area contributed by atoms with E-state index in [1.54, 1.807) is 18.2 Å². The number of fused-ring (bicyclic) bond motifs is 4. The molecule has 0 saturated carbocycles. The number of amides is 2. The van der Waals surface area contributed by atoms with Gasteiger partial charge in [-0.05, 0) is 56.9 Å². The Morgan fingerprint density at radius 3 is 2.52 bits per heavy atom. The highest BCUT2D eigenvalue weighted by molar-refractivity contribution is 6.04. The quantitative estimate of drug-likeness (QED) is 0.455. The summed E-state index contributed by atoms with van der Waals surface area (Å²) in [6.07, 6.45) is 3.94. The van der Waals surface area contributed by atoms with E-state index in [9.17, 15) is 14.4 Å². The normalized spacial score (nSPS) is 13.3. The van der Waals surface area contributed by atoms with Gasteiger partial charge in [-0.1, -0.05) is 12.1 Å². The van der Waals surface area contributed by atoms with E-state index in [2.05, 4.69) is 5.32 Å². The number of hydrogen-bond donors (Lipinski definition) is 2. The number of carbonyl (C=O) groups is 2. The average molecular weight is 444 g/mol. The van der Waals surface area contributed by atoms with E-state index in [0.717, 1.165) is 53.4 Å². The average Bonchev–Trinajstić information content (AvgIpc) is 3.17. The Morgan fingerprint density at radius 2 is 1.73 bits per heavy atom. The van der Waals surface area contributed by atoms with Crippen molar-refractivity contribution in [2.45, 2.75) is 46.0 Å². The molecule has 2 aromatic carbocycles. The predicted octanol–water partition coefficient (Wildman–Crippen LogP) is 4.31. The summed E-state index contributed by atoms with van der Waals surface area (Å²) < 4.78 is 11.8. The Kier molecular flexibility index (Phi) is 5.04. The van der Waals surface area contributed by atoms with Crippen LogP contribution < -0.4 is 16.7 Å². The maximum absolute atomic E-state index is 12.8. The predicted molar refractivity (Wildman–Crippen MR) is 126 cm³/mol. The number of primary amides is 1. The van der Waals surface area contributed by atoms with Crippen LogP contribution in [0.5, 0.6) is 0 Å². The van der Waals surface area contributed by atoms with Crippen molar-refractivity contribution in [1.82, 2.24) is 0 Å². The first-order valence-electron chi connectivity index (χ1n) is 11.0. The molecule has 0 bridgehead atoms.